The SMILES string of the molecule is CC(C)(NC(=O)OCC1c2ccccc2-c2ccccc21)C(=O)N1CCC(OCC(=O)O)CC1. The second-order valence-corrected chi connectivity index (χ2v) is 9.27. The van der Waals surface area contributed by atoms with Crippen LogP contribution in [-0.2, 0) is 19.1 Å². The van der Waals surface area contributed by atoms with Gasteiger partial charge in [0.15, 0.2) is 0 Å². The summed E-state index contributed by atoms with van der Waals surface area (Å²) >= 11 is 0. The highest BCUT2D eigenvalue weighted by Crippen LogP contribution is 2.44. The fourth-order valence-corrected chi connectivity index (χ4v) is 4.75. The number of amides is 2. The number of carboxylic acids is 1. The summed E-state index contributed by atoms with van der Waals surface area (Å²) in [5.74, 6) is -1.27. The van der Waals surface area contributed by atoms with Gasteiger partial charge in [0.1, 0.15) is 18.8 Å². The molecule has 2 N–H and O–H groups in total. The van der Waals surface area contributed by atoms with Gasteiger partial charge in [0.25, 0.3) is 0 Å². The first-order chi connectivity index (χ1) is 16.3. The molecule has 2 aliphatic rings. The van der Waals surface area contributed by atoms with Gasteiger partial charge in [0.05, 0.1) is 6.10 Å². The molecule has 4 rings (SSSR count). The summed E-state index contributed by atoms with van der Waals surface area (Å²) < 4.78 is 10.9. The third-order valence-corrected chi connectivity index (χ3v) is 6.46. The molecule has 180 valence electrons. The number of likely N-dealkylation sites (tertiary alicyclic amines) is 1. The zero-order valence-corrected chi connectivity index (χ0v) is 19.5. The van der Waals surface area contributed by atoms with Gasteiger partial charge in [-0.2, -0.15) is 0 Å². The average molecular weight is 467 g/mol. The molecule has 1 fully saturated rings. The molecule has 0 spiro atoms. The van der Waals surface area contributed by atoms with Crippen molar-refractivity contribution in [1.29, 1.82) is 0 Å². The largest absolute Gasteiger partial charge is 0.480 e. The molecule has 0 unspecified atom stereocenters. The van der Waals surface area contributed by atoms with Crippen molar-refractivity contribution in [3.05, 3.63) is 59.7 Å². The van der Waals surface area contributed by atoms with Gasteiger partial charge in [-0.25, -0.2) is 9.59 Å². The van der Waals surface area contributed by atoms with Crippen molar-refractivity contribution in [2.24, 2.45) is 0 Å². The van der Waals surface area contributed by atoms with Crippen LogP contribution >= 0.6 is 0 Å². The minimum atomic E-state index is -1.14. The van der Waals surface area contributed by atoms with Crippen molar-refractivity contribution >= 4 is 18.0 Å². The summed E-state index contributed by atoms with van der Waals surface area (Å²) in [6, 6.07) is 16.2. The topological polar surface area (TPSA) is 105 Å². The number of aliphatic carboxylic acids is 1. The van der Waals surface area contributed by atoms with E-state index in [2.05, 4.69) is 29.6 Å². The molecule has 1 aliphatic carbocycles. The minimum absolute atomic E-state index is 0.0539. The van der Waals surface area contributed by atoms with E-state index in [4.69, 9.17) is 14.6 Å². The lowest BCUT2D eigenvalue weighted by molar-refractivity contribution is -0.147. The maximum atomic E-state index is 13.0. The van der Waals surface area contributed by atoms with E-state index < -0.39 is 17.6 Å². The van der Waals surface area contributed by atoms with Crippen LogP contribution in [0, 0.1) is 0 Å². The molecule has 0 radical (unpaired) electrons. The Morgan fingerprint density at radius 2 is 1.56 bits per heavy atom. The van der Waals surface area contributed by atoms with Gasteiger partial charge in [-0.3, -0.25) is 4.79 Å². The van der Waals surface area contributed by atoms with Crippen LogP contribution in [-0.4, -0.2) is 65.9 Å². The van der Waals surface area contributed by atoms with Crippen LogP contribution in [0.1, 0.15) is 43.7 Å². The number of carbonyl (C=O) groups excluding carboxylic acids is 2. The molecule has 1 heterocycles. The molecule has 0 saturated carbocycles. The summed E-state index contributed by atoms with van der Waals surface area (Å²) in [7, 11) is 0. The fraction of sp³-hybridized carbons (Fsp3) is 0.423. The van der Waals surface area contributed by atoms with Crippen LogP contribution in [0.4, 0.5) is 4.79 Å². The highest BCUT2D eigenvalue weighted by Gasteiger charge is 2.36. The Labute approximate surface area is 198 Å². The number of fused-ring (bicyclic) bond motifs is 3. The first-order valence-corrected chi connectivity index (χ1v) is 11.5. The van der Waals surface area contributed by atoms with E-state index in [1.807, 2.05) is 24.3 Å². The summed E-state index contributed by atoms with van der Waals surface area (Å²) in [4.78, 5) is 38.0. The zero-order chi connectivity index (χ0) is 24.3. The van der Waals surface area contributed by atoms with Gasteiger partial charge in [-0.15, -0.1) is 0 Å². The second kappa shape index (κ2) is 9.85. The van der Waals surface area contributed by atoms with Crippen LogP contribution in [0.15, 0.2) is 48.5 Å². The van der Waals surface area contributed by atoms with Crippen LogP contribution in [0.2, 0.25) is 0 Å². The lowest BCUT2D eigenvalue weighted by atomic mass is 9.98. The van der Waals surface area contributed by atoms with Crippen molar-refractivity contribution in [3.8, 4) is 11.1 Å². The van der Waals surface area contributed by atoms with Gasteiger partial charge in [-0.1, -0.05) is 48.5 Å². The number of benzene rings is 2. The summed E-state index contributed by atoms with van der Waals surface area (Å²) in [5.41, 5.74) is 3.41. The standard InChI is InChI=1S/C26H30N2O6/c1-26(2,24(31)28-13-11-17(12-14-28)33-16-23(29)30)27-25(32)34-15-22-20-9-5-3-7-18(20)19-8-4-6-10-21(19)22/h3-10,17,22H,11-16H2,1-2H3,(H,27,32)(H,29,30). The molecule has 8 heteroatoms. The molecule has 2 amide bonds. The molecule has 0 aromatic heterocycles. The van der Waals surface area contributed by atoms with Crippen molar-refractivity contribution in [3.63, 3.8) is 0 Å². The molecule has 8 nitrogen and oxygen atoms in total. The second-order valence-electron chi connectivity index (χ2n) is 9.27. The number of alkyl carbamates (subject to hydrolysis) is 1. The maximum Gasteiger partial charge on any atom is 0.408 e. The molecular formula is C26H30N2O6. The summed E-state index contributed by atoms with van der Waals surface area (Å²) in [5, 5.41) is 11.5. The van der Waals surface area contributed by atoms with E-state index in [-0.39, 0.29) is 31.1 Å². The van der Waals surface area contributed by atoms with Crippen LogP contribution < -0.4 is 5.32 Å². The fourth-order valence-electron chi connectivity index (χ4n) is 4.75. The van der Waals surface area contributed by atoms with Crippen LogP contribution in [0.3, 0.4) is 0 Å². The van der Waals surface area contributed by atoms with E-state index in [0.717, 1.165) is 22.3 Å². The summed E-state index contributed by atoms with van der Waals surface area (Å²) in [6.45, 7) is 4.04. The molecule has 1 saturated heterocycles. The number of nitrogens with one attached hydrogen (secondary N) is 1. The Morgan fingerprint density at radius 3 is 2.12 bits per heavy atom. The van der Waals surface area contributed by atoms with E-state index in [9.17, 15) is 14.4 Å². The highest BCUT2D eigenvalue weighted by atomic mass is 16.5. The quantitative estimate of drug-likeness (QED) is 0.648. The Bertz CT molecular complexity index is 1030. The maximum absolute atomic E-state index is 13.0. The van der Waals surface area contributed by atoms with Gasteiger partial charge < -0.3 is 24.8 Å². The molecule has 2 aromatic rings. The number of hydrogen-bond acceptors (Lipinski definition) is 5. The Morgan fingerprint density at radius 1 is 1.00 bits per heavy atom. The lowest BCUT2D eigenvalue weighted by Gasteiger charge is -2.36. The molecule has 0 bridgehead atoms. The van der Waals surface area contributed by atoms with Gasteiger partial charge in [0.2, 0.25) is 5.91 Å². The molecular weight excluding hydrogens is 436 g/mol. The first kappa shape index (κ1) is 23.8. The number of hydrogen-bond donors (Lipinski definition) is 2. The van der Waals surface area contributed by atoms with E-state index >= 15 is 0 Å². The van der Waals surface area contributed by atoms with Crippen molar-refractivity contribution in [1.82, 2.24) is 10.2 Å². The predicted molar refractivity (Wildman–Crippen MR) is 125 cm³/mol. The zero-order valence-electron chi connectivity index (χ0n) is 19.5. The normalized spacial score (nSPS) is 16.0. The van der Waals surface area contributed by atoms with Crippen molar-refractivity contribution in [2.75, 3.05) is 26.3 Å². The smallest absolute Gasteiger partial charge is 0.408 e. The molecule has 2 aromatic carbocycles. The number of nitrogens with zero attached hydrogens (tertiary/aromatic N) is 1. The molecule has 34 heavy (non-hydrogen) atoms. The van der Waals surface area contributed by atoms with Crippen LogP contribution in [0.25, 0.3) is 11.1 Å². The number of ether oxygens (including phenoxy) is 2. The van der Waals surface area contributed by atoms with Crippen molar-refractivity contribution in [2.45, 2.75) is 44.2 Å². The van der Waals surface area contributed by atoms with E-state index in [1.54, 1.807) is 18.7 Å². The monoisotopic (exact) mass is 466 g/mol. The summed E-state index contributed by atoms with van der Waals surface area (Å²) in [6.07, 6.45) is 0.290. The minimum Gasteiger partial charge on any atom is -0.480 e. The van der Waals surface area contributed by atoms with Gasteiger partial charge >= 0.3 is 12.1 Å². The lowest BCUT2D eigenvalue weighted by Crippen LogP contribution is -2.57. The number of rotatable bonds is 7. The Hall–Kier alpha value is -3.39. The Kier molecular flexibility index (Phi) is 6.88. The molecule has 1 aliphatic heterocycles. The van der Waals surface area contributed by atoms with Gasteiger partial charge in [0, 0.05) is 19.0 Å². The third kappa shape index (κ3) is 5.07. The third-order valence-electron chi connectivity index (χ3n) is 6.46. The first-order valence-electron chi connectivity index (χ1n) is 11.5. The van der Waals surface area contributed by atoms with E-state index in [0.29, 0.717) is 25.9 Å². The Balaban J connectivity index is 1.32. The number of carbonyl (C=O) groups is 3. The number of carboxylic acid groups (broad SMARTS) is 1. The van der Waals surface area contributed by atoms with E-state index in [1.165, 1.54) is 0 Å². The van der Waals surface area contributed by atoms with Crippen molar-refractivity contribution < 1.29 is 29.0 Å². The average Bonchev–Trinajstić information content (AvgIpc) is 3.15. The van der Waals surface area contributed by atoms with Gasteiger partial charge in [-0.05, 0) is 48.9 Å². The predicted octanol–water partition coefficient (Wildman–Crippen LogP) is 3.40. The number of piperidine rings is 1. The highest BCUT2D eigenvalue weighted by molar-refractivity contribution is 5.89. The molecule has 0 atom stereocenters. The van der Waals surface area contributed by atoms with Crippen LogP contribution in [0.5, 0.6) is 0 Å².